The molecule has 2 aliphatic heterocycles. The molecule has 0 bridgehead atoms. The fourth-order valence-corrected chi connectivity index (χ4v) is 7.00. The molecule has 9 nitrogen and oxygen atoms in total. The van der Waals surface area contributed by atoms with Crippen molar-refractivity contribution >= 4 is 40.2 Å². The van der Waals surface area contributed by atoms with Gasteiger partial charge < -0.3 is 20.3 Å². The third kappa shape index (κ3) is 6.10. The summed E-state index contributed by atoms with van der Waals surface area (Å²) in [6, 6.07) is 13.8. The lowest BCUT2D eigenvalue weighted by molar-refractivity contribution is -0.130. The van der Waals surface area contributed by atoms with Crippen LogP contribution in [0.5, 0.6) is 5.75 Å². The van der Waals surface area contributed by atoms with Crippen LogP contribution in [0.3, 0.4) is 0 Å². The Morgan fingerprint density at radius 3 is 2.50 bits per heavy atom. The van der Waals surface area contributed by atoms with Gasteiger partial charge in [-0.1, -0.05) is 37.5 Å². The van der Waals surface area contributed by atoms with Gasteiger partial charge in [-0.25, -0.2) is 4.79 Å². The number of benzene rings is 2. The Morgan fingerprint density at radius 2 is 1.68 bits per heavy atom. The molecule has 1 fully saturated rings. The Hall–Kier alpha value is -4.14. The number of para-hydroxylation sites is 1. The fourth-order valence-electron chi connectivity index (χ4n) is 7.00. The summed E-state index contributed by atoms with van der Waals surface area (Å²) in [5, 5.41) is 7.83. The summed E-state index contributed by atoms with van der Waals surface area (Å²) < 4.78 is 5.57. The van der Waals surface area contributed by atoms with Gasteiger partial charge in [0, 0.05) is 50.2 Å². The third-order valence-electron chi connectivity index (χ3n) is 9.10. The van der Waals surface area contributed by atoms with Crippen LogP contribution in [0.2, 0.25) is 0 Å². The number of nitrogens with zero attached hydrogens (tertiary/aromatic N) is 3. The number of amides is 3. The average Bonchev–Trinajstić information content (AvgIpc) is 3.58. The first-order valence-corrected chi connectivity index (χ1v) is 16.1. The number of ether oxygens (including phenoxy) is 1. The number of likely N-dealkylation sites (tertiary alicyclic amines) is 1. The molecule has 1 aromatic heterocycles. The number of nitrogens with one attached hydrogen (secondary N) is 2. The Bertz CT molecular complexity index is 1560. The molecule has 1 unspecified atom stereocenters. The highest BCUT2D eigenvalue weighted by Crippen LogP contribution is 2.48. The molecule has 3 amide bonds. The van der Waals surface area contributed by atoms with Crippen molar-refractivity contribution in [3.63, 3.8) is 0 Å². The van der Waals surface area contributed by atoms with Crippen molar-refractivity contribution in [2.45, 2.75) is 84.2 Å². The first-order chi connectivity index (χ1) is 21.4. The lowest BCUT2D eigenvalue weighted by atomic mass is 9.92. The van der Waals surface area contributed by atoms with Gasteiger partial charge in [-0.3, -0.25) is 19.5 Å². The van der Waals surface area contributed by atoms with Crippen LogP contribution in [0, 0.1) is 5.92 Å². The van der Waals surface area contributed by atoms with Crippen molar-refractivity contribution in [3.8, 4) is 5.75 Å². The van der Waals surface area contributed by atoms with Gasteiger partial charge in [0.15, 0.2) is 0 Å². The molecule has 3 aromatic rings. The van der Waals surface area contributed by atoms with E-state index < -0.39 is 6.09 Å². The van der Waals surface area contributed by atoms with Crippen molar-refractivity contribution in [2.24, 2.45) is 0 Å². The summed E-state index contributed by atoms with van der Waals surface area (Å²) in [4.78, 5) is 45.4. The molecule has 1 atom stereocenters. The van der Waals surface area contributed by atoms with Crippen LogP contribution in [0.25, 0.3) is 10.9 Å². The van der Waals surface area contributed by atoms with E-state index in [1.807, 2.05) is 6.07 Å². The zero-order valence-corrected chi connectivity index (χ0v) is 25.8. The van der Waals surface area contributed by atoms with Gasteiger partial charge in [-0.15, -0.1) is 0 Å². The Labute approximate surface area is 259 Å². The largest absolute Gasteiger partial charge is 0.412 e. The summed E-state index contributed by atoms with van der Waals surface area (Å²) in [5.41, 5.74) is 6.66. The molecule has 6 rings (SSSR count). The number of carbonyl (C=O) groups is 3. The lowest BCUT2D eigenvalue weighted by Gasteiger charge is -2.31. The predicted octanol–water partition coefficient (Wildman–Crippen LogP) is 6.13. The maximum absolute atomic E-state index is 12.5. The van der Waals surface area contributed by atoms with Crippen LogP contribution in [0.4, 0.5) is 16.2 Å². The number of pyridine rings is 1. The SMILES string of the molecule is CC(=O)N1CC[C]2c3cc(OC(=O)NCCCCCCCNc4c5c(nc6ccccc46)CCCC5)ccc3N(C(C)=O)C21. The van der Waals surface area contributed by atoms with Gasteiger partial charge in [0.1, 0.15) is 11.9 Å². The van der Waals surface area contributed by atoms with Gasteiger partial charge >= 0.3 is 6.09 Å². The number of fused-ring (bicyclic) bond motifs is 5. The van der Waals surface area contributed by atoms with Gasteiger partial charge in [0.2, 0.25) is 11.8 Å². The molecular weight excluding hydrogens is 554 g/mol. The second-order valence-corrected chi connectivity index (χ2v) is 12.1. The van der Waals surface area contributed by atoms with Crippen molar-refractivity contribution < 1.29 is 19.1 Å². The summed E-state index contributed by atoms with van der Waals surface area (Å²) in [5.74, 6) is 1.26. The van der Waals surface area contributed by atoms with Crippen LogP contribution < -0.4 is 20.3 Å². The molecule has 1 aliphatic carbocycles. The number of hydrogen-bond acceptors (Lipinski definition) is 6. The Kier molecular flexibility index (Phi) is 9.00. The highest BCUT2D eigenvalue weighted by Gasteiger charge is 2.49. The number of hydrogen-bond donors (Lipinski definition) is 2. The minimum Gasteiger partial charge on any atom is -0.410 e. The molecule has 231 valence electrons. The quantitative estimate of drug-likeness (QED) is 0.273. The van der Waals surface area contributed by atoms with Crippen molar-refractivity contribution in [2.75, 3.05) is 29.9 Å². The topological polar surface area (TPSA) is 104 Å². The van der Waals surface area contributed by atoms with Gasteiger partial charge in [0.25, 0.3) is 0 Å². The van der Waals surface area contributed by atoms with Crippen LogP contribution in [-0.4, -0.2) is 53.6 Å². The molecule has 1 radical (unpaired) electrons. The standard InChI is InChI=1S/C35H42N5O4/c1-23(41)39-21-18-26-29-22-25(16-17-32(29)40(24(2)42)34(26)39)44-35(43)37-20-11-5-3-4-10-19-36-33-27-12-6-8-14-30(27)38-31-15-9-7-13-28(31)33/h6,8,12,14,16-17,22,34H,3-5,7,9-11,13,15,18-21H2,1-2H3,(H,36,38)(H,37,43). The first kappa shape index (κ1) is 29.9. The van der Waals surface area contributed by atoms with Crippen LogP contribution in [-0.2, 0) is 22.4 Å². The predicted molar refractivity (Wildman–Crippen MR) is 172 cm³/mol. The van der Waals surface area contributed by atoms with Crippen molar-refractivity contribution in [3.05, 3.63) is 65.2 Å². The molecule has 0 saturated carbocycles. The van der Waals surface area contributed by atoms with E-state index in [1.54, 1.807) is 21.9 Å². The Balaban J connectivity index is 0.915. The molecule has 9 heteroatoms. The minimum absolute atomic E-state index is 0.0616. The van der Waals surface area contributed by atoms with E-state index in [0.29, 0.717) is 25.3 Å². The molecule has 3 aliphatic rings. The zero-order valence-electron chi connectivity index (χ0n) is 25.8. The van der Waals surface area contributed by atoms with E-state index in [4.69, 9.17) is 9.72 Å². The second-order valence-electron chi connectivity index (χ2n) is 12.1. The molecule has 2 aromatic carbocycles. The zero-order chi connectivity index (χ0) is 30.6. The van der Waals surface area contributed by atoms with E-state index in [0.717, 1.165) is 74.2 Å². The molecule has 2 N–H and O–H groups in total. The number of carbonyl (C=O) groups excluding carboxylic acids is 3. The number of unbranched alkanes of at least 4 members (excludes halogenated alkanes) is 4. The molecule has 3 heterocycles. The van der Waals surface area contributed by atoms with E-state index in [2.05, 4.69) is 34.9 Å². The summed E-state index contributed by atoms with van der Waals surface area (Å²) in [6.07, 6.45) is 9.74. The Morgan fingerprint density at radius 1 is 0.909 bits per heavy atom. The second kappa shape index (κ2) is 13.2. The third-order valence-corrected chi connectivity index (χ3v) is 9.10. The summed E-state index contributed by atoms with van der Waals surface area (Å²) in [6.45, 7) is 5.11. The average molecular weight is 597 g/mol. The summed E-state index contributed by atoms with van der Waals surface area (Å²) >= 11 is 0. The van der Waals surface area contributed by atoms with Gasteiger partial charge in [-0.2, -0.15) is 0 Å². The maximum atomic E-state index is 12.5. The molecule has 0 spiro atoms. The fraction of sp³-hybridized carbons (Fsp3) is 0.457. The normalized spacial score (nSPS) is 17.3. The van der Waals surface area contributed by atoms with Crippen LogP contribution in [0.1, 0.15) is 82.0 Å². The van der Waals surface area contributed by atoms with E-state index in [-0.39, 0.29) is 18.0 Å². The van der Waals surface area contributed by atoms with Crippen LogP contribution >= 0.6 is 0 Å². The van der Waals surface area contributed by atoms with E-state index >= 15 is 0 Å². The van der Waals surface area contributed by atoms with Gasteiger partial charge in [-0.05, 0) is 80.3 Å². The maximum Gasteiger partial charge on any atom is 0.412 e. The van der Waals surface area contributed by atoms with Gasteiger partial charge in [0.05, 0.1) is 17.1 Å². The van der Waals surface area contributed by atoms with Crippen molar-refractivity contribution in [1.82, 2.24) is 15.2 Å². The van der Waals surface area contributed by atoms with Crippen molar-refractivity contribution in [1.29, 1.82) is 0 Å². The smallest absolute Gasteiger partial charge is 0.410 e. The molecular formula is C35H42N5O4. The number of anilines is 2. The lowest BCUT2D eigenvalue weighted by Crippen LogP contribution is -2.48. The number of rotatable bonds is 10. The molecule has 44 heavy (non-hydrogen) atoms. The molecule has 1 saturated heterocycles. The first-order valence-electron chi connectivity index (χ1n) is 16.1. The van der Waals surface area contributed by atoms with Crippen LogP contribution in [0.15, 0.2) is 42.5 Å². The number of aryl methyl sites for hydroxylation is 1. The van der Waals surface area contributed by atoms with E-state index in [9.17, 15) is 14.4 Å². The summed E-state index contributed by atoms with van der Waals surface area (Å²) in [7, 11) is 0. The number of aromatic nitrogens is 1. The highest BCUT2D eigenvalue weighted by molar-refractivity contribution is 5.98. The van der Waals surface area contributed by atoms with E-state index in [1.165, 1.54) is 49.0 Å². The monoisotopic (exact) mass is 596 g/mol. The minimum atomic E-state index is -0.484. The highest BCUT2D eigenvalue weighted by atomic mass is 16.6.